The van der Waals surface area contributed by atoms with Crippen LogP contribution in [0, 0.1) is 5.82 Å². The van der Waals surface area contributed by atoms with Gasteiger partial charge in [-0.3, -0.25) is 23.7 Å². The van der Waals surface area contributed by atoms with E-state index < -0.39 is 68.0 Å². The fourth-order valence-corrected chi connectivity index (χ4v) is 4.91. The van der Waals surface area contributed by atoms with Crippen LogP contribution in [0.15, 0.2) is 46.1 Å². The average Bonchev–Trinajstić information content (AvgIpc) is 3.16. The number of aliphatic carboxylic acids is 1. The number of aliphatic hydroxyl groups is 2. The standard InChI is InChI=1S/C19H23FN3O10P/c1-10(18(27)28)22-34(30,32-11-5-3-2-4-6-11)33-14(9-24)16-13(25)7-15(31-16)23-8-12(20)17(26)21-19(23)29/h2-6,8,10,13-16,24-25H,7,9H2,1H3,(H,22,30)(H,27,28)(H,21,26,29)/t10?,13-,14?,15+,16-,34+/m0/s1. The molecule has 0 radical (unpaired) electrons. The van der Waals surface area contributed by atoms with Crippen LogP contribution in [-0.4, -0.2) is 61.8 Å². The fourth-order valence-electron chi connectivity index (χ4n) is 3.22. The molecule has 0 aliphatic carbocycles. The van der Waals surface area contributed by atoms with Crippen molar-refractivity contribution in [2.45, 2.75) is 43.9 Å². The molecule has 1 aromatic carbocycles. The molecule has 2 heterocycles. The summed E-state index contributed by atoms with van der Waals surface area (Å²) in [5.74, 6) is -2.56. The number of H-pyrrole nitrogens is 1. The van der Waals surface area contributed by atoms with Gasteiger partial charge >= 0.3 is 19.4 Å². The Morgan fingerprint density at radius 2 is 2.06 bits per heavy atom. The smallest absolute Gasteiger partial charge is 0.459 e. The fraction of sp³-hybridized carbons (Fsp3) is 0.421. The Balaban J connectivity index is 1.84. The van der Waals surface area contributed by atoms with E-state index in [1.165, 1.54) is 19.1 Å². The molecule has 186 valence electrons. The number of aliphatic hydroxyl groups excluding tert-OH is 2. The molecule has 2 aromatic rings. The van der Waals surface area contributed by atoms with Gasteiger partial charge in [0.1, 0.15) is 30.2 Å². The van der Waals surface area contributed by atoms with Crippen LogP contribution in [-0.2, 0) is 18.6 Å². The minimum atomic E-state index is -4.48. The number of rotatable bonds is 10. The first-order chi connectivity index (χ1) is 16.0. The Kier molecular flexibility index (Phi) is 8.02. The zero-order valence-corrected chi connectivity index (χ0v) is 18.6. The predicted molar refractivity (Wildman–Crippen MR) is 113 cm³/mol. The number of carbonyl (C=O) groups is 1. The summed E-state index contributed by atoms with van der Waals surface area (Å²) >= 11 is 0. The number of nitrogens with one attached hydrogen (secondary N) is 2. The highest BCUT2D eigenvalue weighted by Gasteiger charge is 2.45. The van der Waals surface area contributed by atoms with Crippen molar-refractivity contribution in [1.82, 2.24) is 14.6 Å². The van der Waals surface area contributed by atoms with Gasteiger partial charge in [-0.05, 0) is 19.1 Å². The number of carboxylic acid groups (broad SMARTS) is 1. The number of halogens is 1. The molecular weight excluding hydrogens is 480 g/mol. The largest absolute Gasteiger partial charge is 0.480 e. The molecule has 0 spiro atoms. The molecule has 1 aliphatic heterocycles. The molecule has 13 nitrogen and oxygen atoms in total. The predicted octanol–water partition coefficient (Wildman–Crippen LogP) is -0.0486. The normalized spacial score (nSPS) is 23.7. The lowest BCUT2D eigenvalue weighted by Gasteiger charge is -2.29. The highest BCUT2D eigenvalue weighted by Crippen LogP contribution is 2.47. The molecule has 5 N–H and O–H groups in total. The summed E-state index contributed by atoms with van der Waals surface area (Å²) in [7, 11) is -4.48. The van der Waals surface area contributed by atoms with E-state index in [1.807, 2.05) is 0 Å². The minimum absolute atomic E-state index is 0.0636. The van der Waals surface area contributed by atoms with Crippen LogP contribution in [0.5, 0.6) is 5.75 Å². The topological polar surface area (TPSA) is 189 Å². The van der Waals surface area contributed by atoms with Crippen LogP contribution in [0.25, 0.3) is 0 Å². The van der Waals surface area contributed by atoms with Gasteiger partial charge in [0.2, 0.25) is 5.82 Å². The van der Waals surface area contributed by atoms with E-state index in [9.17, 15) is 38.7 Å². The second-order valence-electron chi connectivity index (χ2n) is 7.42. The van der Waals surface area contributed by atoms with Gasteiger partial charge in [0, 0.05) is 6.42 Å². The molecule has 2 unspecified atom stereocenters. The van der Waals surface area contributed by atoms with Crippen molar-refractivity contribution in [3.8, 4) is 5.75 Å². The second-order valence-corrected chi connectivity index (χ2v) is 9.07. The van der Waals surface area contributed by atoms with Gasteiger partial charge in [0.05, 0.1) is 18.9 Å². The third-order valence-electron chi connectivity index (χ3n) is 4.88. The zero-order valence-electron chi connectivity index (χ0n) is 17.7. The Labute approximate surface area is 191 Å². The van der Waals surface area contributed by atoms with E-state index in [1.54, 1.807) is 23.2 Å². The van der Waals surface area contributed by atoms with Crippen molar-refractivity contribution in [3.63, 3.8) is 0 Å². The Hall–Kier alpha value is -2.87. The number of para-hydroxylation sites is 1. The molecule has 6 atom stereocenters. The van der Waals surface area contributed by atoms with Crippen molar-refractivity contribution in [1.29, 1.82) is 0 Å². The number of ether oxygens (including phenoxy) is 1. The lowest BCUT2D eigenvalue weighted by atomic mass is 10.1. The molecule has 34 heavy (non-hydrogen) atoms. The lowest BCUT2D eigenvalue weighted by molar-refractivity contribution is -0.138. The Morgan fingerprint density at radius 1 is 1.38 bits per heavy atom. The van der Waals surface area contributed by atoms with Gasteiger partial charge in [-0.25, -0.2) is 9.36 Å². The maximum atomic E-state index is 13.7. The van der Waals surface area contributed by atoms with Crippen molar-refractivity contribution in [2.24, 2.45) is 0 Å². The van der Waals surface area contributed by atoms with Crippen molar-refractivity contribution < 1.29 is 42.9 Å². The van der Waals surface area contributed by atoms with Crippen molar-refractivity contribution in [2.75, 3.05) is 6.61 Å². The van der Waals surface area contributed by atoms with E-state index >= 15 is 0 Å². The highest BCUT2D eigenvalue weighted by atomic mass is 31.2. The SMILES string of the molecule is CC(N[P@@](=O)(Oc1ccccc1)OC(CO)[C@H]1O[C@@H](n2cc(F)c(=O)[nH]c2=O)C[C@@H]1O)C(=O)O. The Morgan fingerprint density at radius 3 is 2.68 bits per heavy atom. The lowest BCUT2D eigenvalue weighted by Crippen LogP contribution is -2.42. The number of aromatic nitrogens is 2. The second kappa shape index (κ2) is 10.6. The molecule has 1 saturated heterocycles. The summed E-state index contributed by atoms with van der Waals surface area (Å²) < 4.78 is 44.1. The highest BCUT2D eigenvalue weighted by molar-refractivity contribution is 7.52. The molecule has 0 amide bonds. The maximum absolute atomic E-state index is 13.7. The first kappa shape index (κ1) is 25.7. The van der Waals surface area contributed by atoms with E-state index in [0.29, 0.717) is 10.8 Å². The van der Waals surface area contributed by atoms with Gasteiger partial charge in [0.25, 0.3) is 5.56 Å². The maximum Gasteiger partial charge on any atom is 0.459 e. The van der Waals surface area contributed by atoms with Crippen LogP contribution in [0.3, 0.4) is 0 Å². The summed E-state index contributed by atoms with van der Waals surface area (Å²) in [6, 6.07) is 6.28. The summed E-state index contributed by atoms with van der Waals surface area (Å²) in [5, 5.41) is 31.7. The molecule has 1 aromatic heterocycles. The number of hydrogen-bond acceptors (Lipinski definition) is 9. The number of carboxylic acids is 1. The average molecular weight is 503 g/mol. The summed E-state index contributed by atoms with van der Waals surface area (Å²) in [6.07, 6.45) is -5.20. The van der Waals surface area contributed by atoms with Crippen LogP contribution in [0.1, 0.15) is 19.6 Å². The zero-order chi connectivity index (χ0) is 25.0. The van der Waals surface area contributed by atoms with Crippen LogP contribution in [0.4, 0.5) is 4.39 Å². The summed E-state index contributed by atoms with van der Waals surface area (Å²) in [5.41, 5.74) is -2.23. The molecule has 1 fully saturated rings. The number of hydrogen-bond donors (Lipinski definition) is 5. The van der Waals surface area contributed by atoms with Gasteiger partial charge in [-0.2, -0.15) is 9.48 Å². The van der Waals surface area contributed by atoms with E-state index in [2.05, 4.69) is 5.09 Å². The molecule has 3 rings (SSSR count). The van der Waals surface area contributed by atoms with Gasteiger partial charge in [-0.15, -0.1) is 0 Å². The molecule has 0 saturated carbocycles. The first-order valence-corrected chi connectivity index (χ1v) is 11.6. The third-order valence-corrected chi connectivity index (χ3v) is 6.59. The summed E-state index contributed by atoms with van der Waals surface area (Å²) in [6.45, 7) is 0.337. The minimum Gasteiger partial charge on any atom is -0.480 e. The van der Waals surface area contributed by atoms with Gasteiger partial charge in [0.15, 0.2) is 0 Å². The van der Waals surface area contributed by atoms with Crippen molar-refractivity contribution >= 4 is 13.7 Å². The first-order valence-electron chi connectivity index (χ1n) is 10.0. The third kappa shape index (κ3) is 5.97. The van der Waals surface area contributed by atoms with Crippen LogP contribution in [0.2, 0.25) is 0 Å². The van der Waals surface area contributed by atoms with E-state index in [4.69, 9.17) is 13.8 Å². The number of nitrogens with zero attached hydrogens (tertiary/aromatic N) is 1. The number of benzene rings is 1. The van der Waals surface area contributed by atoms with Crippen molar-refractivity contribution in [3.05, 3.63) is 63.2 Å². The molecule has 15 heteroatoms. The summed E-state index contributed by atoms with van der Waals surface area (Å²) in [4.78, 5) is 36.3. The quantitative estimate of drug-likeness (QED) is 0.273. The Bertz CT molecular complexity index is 1170. The monoisotopic (exact) mass is 503 g/mol. The van der Waals surface area contributed by atoms with Crippen LogP contribution < -0.4 is 20.9 Å². The molecular formula is C19H23FN3O10P. The van der Waals surface area contributed by atoms with Gasteiger partial charge in [-0.1, -0.05) is 18.2 Å². The van der Waals surface area contributed by atoms with E-state index in [0.717, 1.165) is 0 Å². The molecule has 1 aliphatic rings. The number of aromatic amines is 1. The molecule has 0 bridgehead atoms. The van der Waals surface area contributed by atoms with Gasteiger partial charge < -0.3 is 24.6 Å². The van der Waals surface area contributed by atoms with E-state index in [-0.39, 0.29) is 12.2 Å². The van der Waals surface area contributed by atoms with Crippen LogP contribution >= 0.6 is 7.75 Å².